The van der Waals surface area contributed by atoms with E-state index in [0.29, 0.717) is 33.5 Å². The van der Waals surface area contributed by atoms with E-state index in [9.17, 15) is 2.74 Å². The summed E-state index contributed by atoms with van der Waals surface area (Å²) in [5.74, 6) is 1.10. The minimum atomic E-state index is -0.330. The summed E-state index contributed by atoms with van der Waals surface area (Å²) in [6, 6.07) is 60.1. The smallest absolute Gasteiger partial charge is 0.238 e. The Morgan fingerprint density at radius 3 is 1.40 bits per heavy atom. The predicted octanol–water partition coefficient (Wildman–Crippen LogP) is 13.0. The molecule has 0 radical (unpaired) electrons. The minimum absolute atomic E-state index is 0.124. The van der Waals surface area contributed by atoms with Gasteiger partial charge >= 0.3 is 0 Å². The first-order valence-electron chi connectivity index (χ1n) is 20.2. The Kier molecular flexibility index (Phi) is 7.08. The molecule has 0 aliphatic heterocycles. The molecule has 0 saturated carbocycles. The van der Waals surface area contributed by atoms with Crippen molar-refractivity contribution in [3.05, 3.63) is 206 Å². The van der Waals surface area contributed by atoms with Gasteiger partial charge in [0.05, 0.1) is 16.5 Å². The zero-order valence-corrected chi connectivity index (χ0v) is 29.6. The van der Waals surface area contributed by atoms with Gasteiger partial charge in [0.1, 0.15) is 0 Å². The lowest BCUT2D eigenvalue weighted by molar-refractivity contribution is 0.953. The highest BCUT2D eigenvalue weighted by molar-refractivity contribution is 6.10. The summed E-state index contributed by atoms with van der Waals surface area (Å²) in [7, 11) is 0. The maximum Gasteiger partial charge on any atom is 0.238 e. The molecule has 55 heavy (non-hydrogen) atoms. The molecule has 0 aliphatic carbocycles. The number of hydrogen-bond donors (Lipinski definition) is 0. The highest BCUT2D eigenvalue weighted by Crippen LogP contribution is 2.36. The third kappa shape index (κ3) is 6.16. The fourth-order valence-corrected chi connectivity index (χ4v) is 7.25. The van der Waals surface area contributed by atoms with Crippen molar-refractivity contribution in [2.75, 3.05) is 0 Å². The fraction of sp³-hybridized carbons (Fsp3) is 0. The number of nitrogens with zero attached hydrogens (tertiary/aromatic N) is 4. The van der Waals surface area contributed by atoms with Gasteiger partial charge in [-0.2, -0.15) is 9.97 Å². The van der Waals surface area contributed by atoms with Crippen molar-refractivity contribution in [2.24, 2.45) is 0 Å². The van der Waals surface area contributed by atoms with E-state index in [2.05, 4.69) is 78.9 Å². The zero-order valence-electron chi connectivity index (χ0n) is 33.6. The number of aromatic nitrogens is 4. The van der Waals surface area contributed by atoms with Gasteiger partial charge in [0, 0.05) is 21.9 Å². The maximum absolute atomic E-state index is 9.27. The summed E-state index contributed by atoms with van der Waals surface area (Å²) >= 11 is 0. The molecular weight excluding hydrogens is 669 g/mol. The van der Waals surface area contributed by atoms with Gasteiger partial charge in [0.2, 0.25) is 5.95 Å². The predicted molar refractivity (Wildman–Crippen MR) is 227 cm³/mol. The van der Waals surface area contributed by atoms with Crippen LogP contribution in [0.1, 0.15) is 5.48 Å². The molecular formula is C51H34N4. The van der Waals surface area contributed by atoms with E-state index in [1.807, 2.05) is 103 Å². The van der Waals surface area contributed by atoms with Crippen LogP contribution < -0.4 is 0 Å². The summed E-state index contributed by atoms with van der Waals surface area (Å²) in [6.45, 7) is 0. The van der Waals surface area contributed by atoms with Gasteiger partial charge in [-0.25, -0.2) is 4.98 Å². The van der Waals surface area contributed by atoms with E-state index >= 15 is 0 Å². The van der Waals surface area contributed by atoms with Crippen LogP contribution >= 0.6 is 0 Å². The number of fused-ring (bicyclic) bond motifs is 3. The first-order valence-corrected chi connectivity index (χ1v) is 18.2. The molecule has 0 saturated heterocycles. The monoisotopic (exact) mass is 706 g/mol. The molecule has 0 N–H and O–H groups in total. The number of para-hydroxylation sites is 1. The van der Waals surface area contributed by atoms with Crippen LogP contribution in [0.4, 0.5) is 0 Å². The molecule has 8 aromatic carbocycles. The summed E-state index contributed by atoms with van der Waals surface area (Å²) in [4.78, 5) is 15.3. The third-order valence-corrected chi connectivity index (χ3v) is 10.0. The van der Waals surface area contributed by atoms with E-state index in [1.165, 1.54) is 0 Å². The highest BCUT2D eigenvalue weighted by Gasteiger charge is 2.19. The van der Waals surface area contributed by atoms with Crippen LogP contribution in [0.15, 0.2) is 206 Å². The fourth-order valence-electron chi connectivity index (χ4n) is 7.25. The second-order valence-corrected chi connectivity index (χ2v) is 13.4. The Hall–Kier alpha value is -7.43. The van der Waals surface area contributed by atoms with Crippen LogP contribution in [-0.4, -0.2) is 19.5 Å². The second-order valence-electron chi connectivity index (χ2n) is 13.4. The molecule has 0 amide bonds. The lowest BCUT2D eigenvalue weighted by Gasteiger charge is -2.12. The molecule has 4 nitrogen and oxygen atoms in total. The molecule has 0 spiro atoms. The van der Waals surface area contributed by atoms with Gasteiger partial charge in [-0.05, 0) is 74.8 Å². The van der Waals surface area contributed by atoms with Gasteiger partial charge in [-0.15, -0.1) is 0 Å². The van der Waals surface area contributed by atoms with Crippen LogP contribution in [0.5, 0.6) is 0 Å². The van der Waals surface area contributed by atoms with Crippen molar-refractivity contribution in [2.45, 2.75) is 0 Å². The second kappa shape index (κ2) is 13.8. The Morgan fingerprint density at radius 2 is 0.764 bits per heavy atom. The van der Waals surface area contributed by atoms with E-state index in [-0.39, 0.29) is 30.1 Å². The Balaban J connectivity index is 1.21. The first kappa shape index (κ1) is 28.1. The average molecular weight is 707 g/mol. The molecule has 0 fully saturated rings. The largest absolute Gasteiger partial charge is 0.278 e. The molecule has 2 aromatic heterocycles. The van der Waals surface area contributed by atoms with E-state index < -0.39 is 0 Å². The van der Waals surface area contributed by atoms with Crippen molar-refractivity contribution >= 4 is 21.8 Å². The molecule has 4 heteroatoms. The van der Waals surface area contributed by atoms with Crippen molar-refractivity contribution in [1.29, 1.82) is 0 Å². The van der Waals surface area contributed by atoms with Gasteiger partial charge < -0.3 is 0 Å². The topological polar surface area (TPSA) is 43.6 Å². The quantitative estimate of drug-likeness (QED) is 0.166. The SMILES string of the molecule is [2H]c1c([2H])c([2H])c2c(c1[2H])c1cc(-c3cccc(-c4ccccc4)c3)ccc1n2-c1nc(-c2ccc(-c3ccccc3)cc2)nc(-c2cccc(-c3ccccc3)c2)n1. The van der Waals surface area contributed by atoms with E-state index in [0.717, 1.165) is 55.6 Å². The number of rotatable bonds is 7. The summed E-state index contributed by atoms with van der Waals surface area (Å²) in [6.07, 6.45) is 0. The number of benzene rings is 8. The molecule has 10 aromatic rings. The summed E-state index contributed by atoms with van der Waals surface area (Å²) < 4.78 is 37.7. The van der Waals surface area contributed by atoms with Gasteiger partial charge in [-0.3, -0.25) is 4.57 Å². The lowest BCUT2D eigenvalue weighted by Crippen LogP contribution is -2.06. The normalized spacial score (nSPS) is 12.3. The average Bonchev–Trinajstić information content (AvgIpc) is 3.66. The van der Waals surface area contributed by atoms with Gasteiger partial charge in [-0.1, -0.05) is 176 Å². The van der Waals surface area contributed by atoms with Gasteiger partial charge in [0.25, 0.3) is 0 Å². The van der Waals surface area contributed by atoms with Crippen LogP contribution in [0.25, 0.3) is 95.0 Å². The maximum atomic E-state index is 9.27. The summed E-state index contributed by atoms with van der Waals surface area (Å²) in [5.41, 5.74) is 10.8. The van der Waals surface area contributed by atoms with Crippen molar-refractivity contribution < 1.29 is 5.48 Å². The molecule has 10 rings (SSSR count). The number of hydrogen-bond acceptors (Lipinski definition) is 3. The third-order valence-electron chi connectivity index (χ3n) is 10.0. The van der Waals surface area contributed by atoms with E-state index in [4.69, 9.17) is 17.7 Å². The first-order chi connectivity index (χ1) is 28.9. The Morgan fingerprint density at radius 1 is 0.327 bits per heavy atom. The zero-order chi connectivity index (χ0) is 40.0. The van der Waals surface area contributed by atoms with Crippen LogP contribution in [-0.2, 0) is 0 Å². The molecule has 0 unspecified atom stereocenters. The van der Waals surface area contributed by atoms with E-state index in [1.54, 1.807) is 4.57 Å². The van der Waals surface area contributed by atoms with Gasteiger partial charge in [0.15, 0.2) is 11.6 Å². The Labute approximate surface area is 325 Å². The highest BCUT2D eigenvalue weighted by atomic mass is 15.2. The van der Waals surface area contributed by atoms with Crippen LogP contribution in [0.2, 0.25) is 0 Å². The lowest BCUT2D eigenvalue weighted by atomic mass is 9.98. The standard InChI is InChI=1S/C51H34N4/c1-4-14-35(15-5-1)38-26-28-39(29-27-38)49-52-50(44-23-13-21-41(33-44)37-18-8-3-9-19-37)54-51(53-49)55-47-25-11-10-24-45(47)46-34-43(30-31-48(46)55)42-22-12-20-40(32-42)36-16-6-2-7-17-36/h1-34H/i10D,11D,24D,25D. The molecule has 258 valence electrons. The molecule has 2 heterocycles. The van der Waals surface area contributed by atoms with Crippen molar-refractivity contribution in [3.8, 4) is 73.2 Å². The molecule has 0 bridgehead atoms. The van der Waals surface area contributed by atoms with Crippen LogP contribution in [0.3, 0.4) is 0 Å². The molecule has 0 aliphatic rings. The summed E-state index contributed by atoms with van der Waals surface area (Å²) in [5, 5.41) is 1.06. The van der Waals surface area contributed by atoms with Crippen molar-refractivity contribution in [1.82, 2.24) is 19.5 Å². The Bertz CT molecular complexity index is 3190. The van der Waals surface area contributed by atoms with Crippen molar-refractivity contribution in [3.63, 3.8) is 0 Å². The minimum Gasteiger partial charge on any atom is -0.278 e. The van der Waals surface area contributed by atoms with Crippen LogP contribution in [0, 0.1) is 0 Å². The molecule has 0 atom stereocenters.